The maximum atomic E-state index is 11.0. The van der Waals surface area contributed by atoms with E-state index in [0.717, 1.165) is 11.1 Å². The predicted molar refractivity (Wildman–Crippen MR) is 56.5 cm³/mol. The first-order valence-corrected chi connectivity index (χ1v) is 4.64. The molecule has 0 unspecified atom stereocenters. The number of rotatable bonds is 3. The summed E-state index contributed by atoms with van der Waals surface area (Å²) in [6.07, 6.45) is 0. The molecule has 1 aromatic rings. The van der Waals surface area contributed by atoms with E-state index < -0.39 is 0 Å². The molecule has 0 aliphatic carbocycles. The number of Topliss-reactive ketones (excluding diaryl/α,β-unsaturated/α-hetero) is 1. The van der Waals surface area contributed by atoms with E-state index >= 15 is 0 Å². The Morgan fingerprint density at radius 3 is 2.07 bits per heavy atom. The molecule has 0 fully saturated rings. The number of hydrogen-bond donors (Lipinski definition) is 0. The van der Waals surface area contributed by atoms with Gasteiger partial charge >= 0.3 is 0 Å². The first kappa shape index (κ1) is 10.9. The normalized spacial score (nSPS) is 11.4. The summed E-state index contributed by atoms with van der Waals surface area (Å²) in [4.78, 5) is 11.0. The van der Waals surface area contributed by atoms with E-state index in [1.54, 1.807) is 14.0 Å². The number of methoxy groups -OCH3 is 1. The molecule has 0 aliphatic rings. The van der Waals surface area contributed by atoms with Crippen LogP contribution in [0.1, 0.15) is 36.7 Å². The number of hydrogen-bond acceptors (Lipinski definition) is 2. The van der Waals surface area contributed by atoms with E-state index in [1.165, 1.54) is 0 Å². The van der Waals surface area contributed by atoms with Gasteiger partial charge in [-0.25, -0.2) is 0 Å². The molecule has 0 aliphatic heterocycles. The summed E-state index contributed by atoms with van der Waals surface area (Å²) >= 11 is 0. The van der Waals surface area contributed by atoms with Crippen LogP contribution in [0.2, 0.25) is 0 Å². The van der Waals surface area contributed by atoms with Crippen molar-refractivity contribution in [1.82, 2.24) is 0 Å². The lowest BCUT2D eigenvalue weighted by molar-refractivity contribution is 0.0192. The average molecular weight is 192 g/mol. The van der Waals surface area contributed by atoms with Gasteiger partial charge in [0.05, 0.1) is 5.60 Å². The van der Waals surface area contributed by atoms with Crippen molar-refractivity contribution >= 4 is 5.78 Å². The maximum Gasteiger partial charge on any atom is 0.159 e. The van der Waals surface area contributed by atoms with Crippen LogP contribution in [-0.4, -0.2) is 12.9 Å². The van der Waals surface area contributed by atoms with Crippen molar-refractivity contribution in [2.75, 3.05) is 7.11 Å². The van der Waals surface area contributed by atoms with Crippen LogP contribution in [0.15, 0.2) is 24.3 Å². The molecule has 0 N–H and O–H groups in total. The third-order valence-electron chi connectivity index (χ3n) is 2.50. The standard InChI is InChI=1S/C12H16O2/c1-9(13)10-5-7-11(8-6-10)12(2,3)14-4/h5-8H,1-4H3. The Hall–Kier alpha value is -1.15. The molecule has 1 rings (SSSR count). The Kier molecular flexibility index (Phi) is 3.06. The van der Waals surface area contributed by atoms with E-state index in [2.05, 4.69) is 0 Å². The number of carbonyl (C=O) groups is 1. The van der Waals surface area contributed by atoms with E-state index in [4.69, 9.17) is 4.74 Å². The van der Waals surface area contributed by atoms with Gasteiger partial charge in [0, 0.05) is 12.7 Å². The highest BCUT2D eigenvalue weighted by Gasteiger charge is 2.18. The lowest BCUT2D eigenvalue weighted by Crippen LogP contribution is -2.19. The van der Waals surface area contributed by atoms with Crippen molar-refractivity contribution in [1.29, 1.82) is 0 Å². The first-order valence-electron chi connectivity index (χ1n) is 4.64. The van der Waals surface area contributed by atoms with E-state index in [-0.39, 0.29) is 11.4 Å². The van der Waals surface area contributed by atoms with Crippen molar-refractivity contribution < 1.29 is 9.53 Å². The van der Waals surface area contributed by atoms with Gasteiger partial charge in [0.1, 0.15) is 0 Å². The van der Waals surface area contributed by atoms with Crippen LogP contribution in [0.25, 0.3) is 0 Å². The van der Waals surface area contributed by atoms with Crippen molar-refractivity contribution in [2.24, 2.45) is 0 Å². The van der Waals surface area contributed by atoms with Crippen molar-refractivity contribution in [2.45, 2.75) is 26.4 Å². The SMILES string of the molecule is COC(C)(C)c1ccc(C(C)=O)cc1. The van der Waals surface area contributed by atoms with Crippen LogP contribution >= 0.6 is 0 Å². The fourth-order valence-corrected chi connectivity index (χ4v) is 1.22. The van der Waals surface area contributed by atoms with Crippen LogP contribution in [0.5, 0.6) is 0 Å². The minimum Gasteiger partial charge on any atom is -0.374 e. The number of ether oxygens (including phenoxy) is 1. The van der Waals surface area contributed by atoms with Crippen LogP contribution < -0.4 is 0 Å². The van der Waals surface area contributed by atoms with Gasteiger partial charge in [-0.1, -0.05) is 24.3 Å². The molecule has 0 heterocycles. The Balaban J connectivity index is 2.99. The number of carbonyl (C=O) groups excluding carboxylic acids is 1. The fourth-order valence-electron chi connectivity index (χ4n) is 1.22. The molecule has 0 spiro atoms. The third kappa shape index (κ3) is 2.20. The van der Waals surface area contributed by atoms with Gasteiger partial charge in [0.2, 0.25) is 0 Å². The summed E-state index contributed by atoms with van der Waals surface area (Å²) in [6, 6.07) is 7.53. The second kappa shape index (κ2) is 3.93. The molecular formula is C12H16O2. The highest BCUT2D eigenvalue weighted by molar-refractivity contribution is 5.94. The molecule has 0 atom stereocenters. The second-order valence-corrected chi connectivity index (χ2v) is 3.85. The molecule has 0 radical (unpaired) electrons. The van der Waals surface area contributed by atoms with Gasteiger partial charge in [0.25, 0.3) is 0 Å². The first-order chi connectivity index (χ1) is 6.47. The number of benzene rings is 1. The molecule has 2 heteroatoms. The Labute approximate surface area is 84.9 Å². The van der Waals surface area contributed by atoms with Crippen LogP contribution in [0.4, 0.5) is 0 Å². The van der Waals surface area contributed by atoms with E-state index in [9.17, 15) is 4.79 Å². The highest BCUT2D eigenvalue weighted by Crippen LogP contribution is 2.23. The van der Waals surface area contributed by atoms with Crippen LogP contribution in [0.3, 0.4) is 0 Å². The number of ketones is 1. The smallest absolute Gasteiger partial charge is 0.159 e. The van der Waals surface area contributed by atoms with Gasteiger partial charge in [0.15, 0.2) is 5.78 Å². The lowest BCUT2D eigenvalue weighted by Gasteiger charge is -2.23. The second-order valence-electron chi connectivity index (χ2n) is 3.85. The minimum absolute atomic E-state index is 0.0896. The van der Waals surface area contributed by atoms with Crippen molar-refractivity contribution in [3.63, 3.8) is 0 Å². The largest absolute Gasteiger partial charge is 0.374 e. The van der Waals surface area contributed by atoms with E-state index in [0.29, 0.717) is 0 Å². The summed E-state index contributed by atoms with van der Waals surface area (Å²) in [5, 5.41) is 0. The summed E-state index contributed by atoms with van der Waals surface area (Å²) < 4.78 is 5.34. The summed E-state index contributed by atoms with van der Waals surface area (Å²) in [7, 11) is 1.68. The van der Waals surface area contributed by atoms with Gasteiger partial charge in [-0.2, -0.15) is 0 Å². The molecule has 0 aromatic heterocycles. The zero-order valence-corrected chi connectivity index (χ0v) is 9.13. The van der Waals surface area contributed by atoms with Crippen molar-refractivity contribution in [3.8, 4) is 0 Å². The molecule has 14 heavy (non-hydrogen) atoms. The summed E-state index contributed by atoms with van der Waals surface area (Å²) in [6.45, 7) is 5.56. The quantitative estimate of drug-likeness (QED) is 0.688. The molecule has 0 saturated carbocycles. The Morgan fingerprint density at radius 1 is 1.21 bits per heavy atom. The Morgan fingerprint density at radius 2 is 1.71 bits per heavy atom. The molecule has 0 bridgehead atoms. The van der Waals surface area contributed by atoms with Gasteiger partial charge in [-0.05, 0) is 26.3 Å². The van der Waals surface area contributed by atoms with Crippen LogP contribution in [-0.2, 0) is 10.3 Å². The van der Waals surface area contributed by atoms with Gasteiger partial charge < -0.3 is 4.74 Å². The van der Waals surface area contributed by atoms with E-state index in [1.807, 2.05) is 38.1 Å². The Bertz CT molecular complexity index is 323. The van der Waals surface area contributed by atoms with Crippen LogP contribution in [0, 0.1) is 0 Å². The third-order valence-corrected chi connectivity index (χ3v) is 2.50. The zero-order chi connectivity index (χ0) is 10.8. The fraction of sp³-hybridized carbons (Fsp3) is 0.417. The topological polar surface area (TPSA) is 26.3 Å². The molecule has 76 valence electrons. The molecule has 0 amide bonds. The lowest BCUT2D eigenvalue weighted by atomic mass is 9.96. The zero-order valence-electron chi connectivity index (χ0n) is 9.13. The molecular weight excluding hydrogens is 176 g/mol. The molecule has 0 saturated heterocycles. The predicted octanol–water partition coefficient (Wildman–Crippen LogP) is 2.77. The summed E-state index contributed by atoms with van der Waals surface area (Å²) in [5.41, 5.74) is 1.51. The average Bonchev–Trinajstić information content (AvgIpc) is 2.18. The minimum atomic E-state index is -0.296. The molecule has 1 aromatic carbocycles. The van der Waals surface area contributed by atoms with Crippen molar-refractivity contribution in [3.05, 3.63) is 35.4 Å². The van der Waals surface area contributed by atoms with Gasteiger partial charge in [-0.3, -0.25) is 4.79 Å². The highest BCUT2D eigenvalue weighted by atomic mass is 16.5. The summed E-state index contributed by atoms with van der Waals surface area (Å²) in [5.74, 6) is 0.0896. The monoisotopic (exact) mass is 192 g/mol. The van der Waals surface area contributed by atoms with Gasteiger partial charge in [-0.15, -0.1) is 0 Å². The maximum absolute atomic E-state index is 11.0. The molecule has 2 nitrogen and oxygen atoms in total.